The lowest BCUT2D eigenvalue weighted by molar-refractivity contribution is -0.393. The van der Waals surface area contributed by atoms with Crippen molar-refractivity contribution < 1.29 is 19.7 Å². The number of phenols is 1. The van der Waals surface area contributed by atoms with Gasteiger partial charge in [-0.05, 0) is 25.1 Å². The maximum absolute atomic E-state index is 11.1. The molecule has 130 valence electrons. The lowest BCUT2D eigenvalue weighted by Crippen LogP contribution is -2.03. The molecule has 0 amide bonds. The number of phenolic OH excluding ortho intramolecular Hbond substituents is 1. The summed E-state index contributed by atoms with van der Waals surface area (Å²) in [6.07, 6.45) is 0. The average Bonchev–Trinajstić information content (AvgIpc) is 2.59. The van der Waals surface area contributed by atoms with E-state index >= 15 is 0 Å². The van der Waals surface area contributed by atoms with E-state index in [1.807, 2.05) is 0 Å². The van der Waals surface area contributed by atoms with Gasteiger partial charge in [0.05, 0.1) is 28.7 Å². The van der Waals surface area contributed by atoms with Gasteiger partial charge in [-0.1, -0.05) is 0 Å². The minimum Gasteiger partial charge on any atom is -0.507 e. The number of nitro benzene ring substituents is 2. The van der Waals surface area contributed by atoms with Crippen LogP contribution in [-0.4, -0.2) is 27.8 Å². The third-order valence-electron chi connectivity index (χ3n) is 3.33. The highest BCUT2D eigenvalue weighted by Crippen LogP contribution is 2.29. The summed E-state index contributed by atoms with van der Waals surface area (Å²) in [5, 5.41) is 35.8. The number of hydrogen-bond donors (Lipinski definition) is 2. The van der Waals surface area contributed by atoms with Gasteiger partial charge in [-0.3, -0.25) is 25.7 Å². The normalized spacial score (nSPS) is 11.0. The van der Waals surface area contributed by atoms with Crippen LogP contribution in [0.3, 0.4) is 0 Å². The maximum atomic E-state index is 11.1. The van der Waals surface area contributed by atoms with Crippen molar-refractivity contribution in [2.75, 3.05) is 12.5 Å². The van der Waals surface area contributed by atoms with Crippen LogP contribution in [0.25, 0.3) is 0 Å². The van der Waals surface area contributed by atoms with Gasteiger partial charge in [0.15, 0.2) is 0 Å². The molecule has 0 aliphatic heterocycles. The van der Waals surface area contributed by atoms with E-state index in [1.165, 1.54) is 19.2 Å². The first kappa shape index (κ1) is 17.7. The summed E-state index contributed by atoms with van der Waals surface area (Å²) < 4.78 is 4.99. The van der Waals surface area contributed by atoms with Gasteiger partial charge in [0.25, 0.3) is 5.69 Å². The van der Waals surface area contributed by atoms with E-state index in [9.17, 15) is 25.3 Å². The Labute approximate surface area is 141 Å². The standard InChI is InChI=1S/C15H14N4O6/c1-9(12-5-4-11(25-2)8-15(12)20)16-17-13-6-3-10(18(21)22)7-14(13)19(23)24/h3-8,17,20H,1-2H3. The molecule has 0 spiro atoms. The fourth-order valence-corrected chi connectivity index (χ4v) is 2.03. The van der Waals surface area contributed by atoms with Gasteiger partial charge in [0.2, 0.25) is 0 Å². The highest BCUT2D eigenvalue weighted by atomic mass is 16.6. The molecule has 0 unspecified atom stereocenters. The number of aromatic hydroxyl groups is 1. The molecule has 0 atom stereocenters. The molecule has 0 bridgehead atoms. The Morgan fingerprint density at radius 3 is 2.44 bits per heavy atom. The lowest BCUT2D eigenvalue weighted by Gasteiger charge is -2.07. The van der Waals surface area contributed by atoms with E-state index in [-0.39, 0.29) is 11.4 Å². The van der Waals surface area contributed by atoms with Crippen LogP contribution in [0.4, 0.5) is 17.1 Å². The number of anilines is 1. The van der Waals surface area contributed by atoms with Crippen molar-refractivity contribution in [1.82, 2.24) is 0 Å². The van der Waals surface area contributed by atoms with Gasteiger partial charge in [0.1, 0.15) is 17.2 Å². The Morgan fingerprint density at radius 2 is 1.88 bits per heavy atom. The molecule has 25 heavy (non-hydrogen) atoms. The Morgan fingerprint density at radius 1 is 1.16 bits per heavy atom. The first-order valence-electron chi connectivity index (χ1n) is 6.94. The fraction of sp³-hybridized carbons (Fsp3) is 0.133. The highest BCUT2D eigenvalue weighted by molar-refractivity contribution is 6.01. The summed E-state index contributed by atoms with van der Waals surface area (Å²) in [6.45, 7) is 1.59. The van der Waals surface area contributed by atoms with Crippen molar-refractivity contribution in [1.29, 1.82) is 0 Å². The molecular formula is C15H14N4O6. The third-order valence-corrected chi connectivity index (χ3v) is 3.33. The number of nitrogens with one attached hydrogen (secondary N) is 1. The zero-order valence-corrected chi connectivity index (χ0v) is 13.3. The Hall–Kier alpha value is -3.69. The third kappa shape index (κ3) is 3.99. The minimum atomic E-state index is -0.745. The SMILES string of the molecule is COc1ccc(C(C)=NNc2ccc([N+](=O)[O-])cc2[N+](=O)[O-])c(O)c1. The summed E-state index contributed by atoms with van der Waals surface area (Å²) in [7, 11) is 1.46. The molecule has 10 heteroatoms. The monoisotopic (exact) mass is 346 g/mol. The van der Waals surface area contributed by atoms with E-state index in [1.54, 1.807) is 19.1 Å². The largest absolute Gasteiger partial charge is 0.507 e. The Balaban J connectivity index is 2.32. The summed E-state index contributed by atoms with van der Waals surface area (Å²) >= 11 is 0. The second-order valence-corrected chi connectivity index (χ2v) is 4.91. The quantitative estimate of drug-likeness (QED) is 0.465. The number of hydrazone groups is 1. The van der Waals surface area contributed by atoms with Crippen molar-refractivity contribution in [3.05, 3.63) is 62.2 Å². The molecule has 2 rings (SSSR count). The van der Waals surface area contributed by atoms with Crippen LogP contribution in [0.2, 0.25) is 0 Å². The van der Waals surface area contributed by atoms with Crippen molar-refractivity contribution in [3.8, 4) is 11.5 Å². The van der Waals surface area contributed by atoms with Gasteiger partial charge in [-0.15, -0.1) is 0 Å². The van der Waals surface area contributed by atoms with Gasteiger partial charge in [0, 0.05) is 17.7 Å². The van der Waals surface area contributed by atoms with E-state index in [4.69, 9.17) is 4.74 Å². The molecule has 10 nitrogen and oxygen atoms in total. The number of non-ortho nitro benzene ring substituents is 1. The summed E-state index contributed by atoms with van der Waals surface area (Å²) in [6, 6.07) is 7.79. The number of rotatable bonds is 6. The molecule has 0 heterocycles. The number of methoxy groups -OCH3 is 1. The van der Waals surface area contributed by atoms with Crippen LogP contribution in [0.5, 0.6) is 11.5 Å². The molecule has 0 aliphatic carbocycles. The molecule has 0 saturated carbocycles. The van der Waals surface area contributed by atoms with Crippen molar-refractivity contribution in [3.63, 3.8) is 0 Å². The zero-order valence-electron chi connectivity index (χ0n) is 13.3. The van der Waals surface area contributed by atoms with Crippen molar-refractivity contribution in [2.24, 2.45) is 5.10 Å². The van der Waals surface area contributed by atoms with Gasteiger partial charge in [-0.25, -0.2) is 0 Å². The topological polar surface area (TPSA) is 140 Å². The molecule has 0 saturated heterocycles. The highest BCUT2D eigenvalue weighted by Gasteiger charge is 2.19. The summed E-state index contributed by atoms with van der Waals surface area (Å²) in [5.74, 6) is 0.397. The van der Waals surface area contributed by atoms with Crippen LogP contribution >= 0.6 is 0 Å². The molecular weight excluding hydrogens is 332 g/mol. The first-order chi connectivity index (χ1) is 11.8. The Bertz CT molecular complexity index is 865. The molecule has 0 radical (unpaired) electrons. The summed E-state index contributed by atoms with van der Waals surface area (Å²) in [4.78, 5) is 20.3. The van der Waals surface area contributed by atoms with Crippen LogP contribution in [0, 0.1) is 20.2 Å². The van der Waals surface area contributed by atoms with Gasteiger partial charge >= 0.3 is 5.69 Å². The van der Waals surface area contributed by atoms with Crippen molar-refractivity contribution in [2.45, 2.75) is 6.92 Å². The molecule has 0 aliphatic rings. The molecule has 2 aromatic carbocycles. The van der Waals surface area contributed by atoms with E-state index < -0.39 is 21.2 Å². The molecule has 2 aromatic rings. The molecule has 0 fully saturated rings. The van der Waals surface area contributed by atoms with E-state index in [0.29, 0.717) is 17.0 Å². The van der Waals surface area contributed by atoms with Gasteiger partial charge in [-0.2, -0.15) is 5.10 Å². The van der Waals surface area contributed by atoms with E-state index in [2.05, 4.69) is 10.5 Å². The maximum Gasteiger partial charge on any atom is 0.301 e. The van der Waals surface area contributed by atoms with Crippen LogP contribution in [-0.2, 0) is 0 Å². The van der Waals surface area contributed by atoms with Gasteiger partial charge < -0.3 is 9.84 Å². The average molecular weight is 346 g/mol. The second-order valence-electron chi connectivity index (χ2n) is 4.91. The Kier molecular flexibility index (Phi) is 5.12. The van der Waals surface area contributed by atoms with Crippen LogP contribution in [0.15, 0.2) is 41.5 Å². The number of hydrogen-bond acceptors (Lipinski definition) is 8. The minimum absolute atomic E-state index is 0.0112. The summed E-state index contributed by atoms with van der Waals surface area (Å²) in [5.41, 5.74) is 2.36. The number of benzene rings is 2. The second kappa shape index (κ2) is 7.25. The lowest BCUT2D eigenvalue weighted by atomic mass is 10.1. The smallest absolute Gasteiger partial charge is 0.301 e. The first-order valence-corrected chi connectivity index (χ1v) is 6.94. The number of nitrogens with zero attached hydrogens (tertiary/aromatic N) is 3. The molecule has 2 N–H and O–H groups in total. The number of nitro groups is 2. The van der Waals surface area contributed by atoms with Crippen LogP contribution < -0.4 is 10.2 Å². The van der Waals surface area contributed by atoms with E-state index in [0.717, 1.165) is 12.1 Å². The predicted octanol–water partition coefficient (Wildman–Crippen LogP) is 3.05. The zero-order chi connectivity index (χ0) is 18.6. The molecule has 0 aromatic heterocycles. The fourth-order valence-electron chi connectivity index (χ4n) is 2.03. The predicted molar refractivity (Wildman–Crippen MR) is 90.2 cm³/mol. The van der Waals surface area contributed by atoms with Crippen molar-refractivity contribution >= 4 is 22.8 Å². The number of ether oxygens (including phenoxy) is 1. The van der Waals surface area contributed by atoms with Crippen LogP contribution in [0.1, 0.15) is 12.5 Å².